The number of rotatable bonds is 5. The standard InChI is InChI=1S/C14H25N5O/c1-9(2)12-13(16-8-17-14(12)19-15)18-11-5-3-4-10(6-11)7-20/h8-11,20H,3-7,15H2,1-2H3,(H2,16,17,18,19). The zero-order valence-electron chi connectivity index (χ0n) is 12.3. The third kappa shape index (κ3) is 3.37. The van der Waals surface area contributed by atoms with Crippen molar-refractivity contribution >= 4 is 11.6 Å². The van der Waals surface area contributed by atoms with Gasteiger partial charge in [-0.15, -0.1) is 0 Å². The number of hydrogen-bond donors (Lipinski definition) is 4. The molecule has 0 aliphatic heterocycles. The van der Waals surface area contributed by atoms with Crippen LogP contribution in [0.1, 0.15) is 51.0 Å². The molecule has 1 fully saturated rings. The Bertz CT molecular complexity index is 438. The molecule has 1 aliphatic rings. The van der Waals surface area contributed by atoms with Crippen LogP contribution in [0.2, 0.25) is 0 Å². The second kappa shape index (κ2) is 6.85. The van der Waals surface area contributed by atoms with Crippen molar-refractivity contribution in [3.8, 4) is 0 Å². The maximum Gasteiger partial charge on any atom is 0.148 e. The summed E-state index contributed by atoms with van der Waals surface area (Å²) in [6.45, 7) is 4.47. The van der Waals surface area contributed by atoms with Crippen LogP contribution >= 0.6 is 0 Å². The van der Waals surface area contributed by atoms with Gasteiger partial charge < -0.3 is 15.8 Å². The largest absolute Gasteiger partial charge is 0.396 e. The molecule has 0 bridgehead atoms. The zero-order chi connectivity index (χ0) is 14.5. The minimum Gasteiger partial charge on any atom is -0.396 e. The van der Waals surface area contributed by atoms with Gasteiger partial charge in [0.05, 0.1) is 0 Å². The van der Waals surface area contributed by atoms with E-state index in [9.17, 15) is 5.11 Å². The van der Waals surface area contributed by atoms with E-state index in [2.05, 4.69) is 34.6 Å². The van der Waals surface area contributed by atoms with E-state index >= 15 is 0 Å². The molecule has 1 heterocycles. The molecular formula is C14H25N5O. The van der Waals surface area contributed by atoms with Crippen LogP contribution in [0.5, 0.6) is 0 Å². The van der Waals surface area contributed by atoms with Gasteiger partial charge in [-0.3, -0.25) is 0 Å². The topological polar surface area (TPSA) is 96.1 Å². The number of hydrogen-bond acceptors (Lipinski definition) is 6. The van der Waals surface area contributed by atoms with Crippen LogP contribution in [0.25, 0.3) is 0 Å². The molecule has 1 aromatic heterocycles. The number of aromatic nitrogens is 2. The molecular weight excluding hydrogens is 254 g/mol. The van der Waals surface area contributed by atoms with Gasteiger partial charge >= 0.3 is 0 Å². The minimum absolute atomic E-state index is 0.272. The maximum absolute atomic E-state index is 9.32. The SMILES string of the molecule is CC(C)c1c(NN)ncnc1NC1CCCC(CO)C1. The van der Waals surface area contributed by atoms with Gasteiger partial charge in [0.2, 0.25) is 0 Å². The lowest BCUT2D eigenvalue weighted by atomic mass is 9.86. The molecule has 2 atom stereocenters. The molecule has 0 spiro atoms. The summed E-state index contributed by atoms with van der Waals surface area (Å²) >= 11 is 0. The Morgan fingerprint density at radius 1 is 1.35 bits per heavy atom. The summed E-state index contributed by atoms with van der Waals surface area (Å²) in [6, 6.07) is 0.360. The Hall–Kier alpha value is -1.40. The van der Waals surface area contributed by atoms with Crippen LogP contribution < -0.4 is 16.6 Å². The average molecular weight is 279 g/mol. The van der Waals surface area contributed by atoms with Gasteiger partial charge in [0.15, 0.2) is 0 Å². The lowest BCUT2D eigenvalue weighted by Crippen LogP contribution is -2.30. The molecule has 2 unspecified atom stereocenters. The van der Waals surface area contributed by atoms with Gasteiger partial charge in [0.1, 0.15) is 18.0 Å². The molecule has 2 rings (SSSR count). The van der Waals surface area contributed by atoms with Gasteiger partial charge in [-0.05, 0) is 31.1 Å². The summed E-state index contributed by atoms with van der Waals surface area (Å²) in [7, 11) is 0. The smallest absolute Gasteiger partial charge is 0.148 e. The molecule has 1 saturated carbocycles. The second-order valence-electron chi connectivity index (χ2n) is 5.84. The molecule has 6 heteroatoms. The van der Waals surface area contributed by atoms with Crippen LogP contribution in [-0.4, -0.2) is 27.7 Å². The summed E-state index contributed by atoms with van der Waals surface area (Å²) in [5, 5.41) is 12.8. The molecule has 0 aromatic carbocycles. The number of anilines is 2. The normalized spacial score (nSPS) is 22.9. The van der Waals surface area contributed by atoms with E-state index in [4.69, 9.17) is 5.84 Å². The average Bonchev–Trinajstić information content (AvgIpc) is 2.46. The lowest BCUT2D eigenvalue weighted by Gasteiger charge is -2.30. The first-order chi connectivity index (χ1) is 9.65. The first-order valence-corrected chi connectivity index (χ1v) is 7.34. The Labute approximate surface area is 120 Å². The van der Waals surface area contributed by atoms with E-state index in [-0.39, 0.29) is 12.5 Å². The minimum atomic E-state index is 0.272. The summed E-state index contributed by atoms with van der Waals surface area (Å²) < 4.78 is 0. The van der Waals surface area contributed by atoms with Gasteiger partial charge in [-0.25, -0.2) is 15.8 Å². The van der Waals surface area contributed by atoms with E-state index < -0.39 is 0 Å². The fourth-order valence-corrected chi connectivity index (χ4v) is 2.95. The number of nitrogens with one attached hydrogen (secondary N) is 2. The van der Waals surface area contributed by atoms with E-state index in [1.165, 1.54) is 6.33 Å². The Balaban J connectivity index is 2.16. The van der Waals surface area contributed by atoms with Crippen molar-refractivity contribution in [3.63, 3.8) is 0 Å². The van der Waals surface area contributed by atoms with Crippen molar-refractivity contribution in [3.05, 3.63) is 11.9 Å². The van der Waals surface area contributed by atoms with Gasteiger partial charge in [-0.1, -0.05) is 20.3 Å². The Morgan fingerprint density at radius 2 is 2.10 bits per heavy atom. The van der Waals surface area contributed by atoms with Gasteiger partial charge in [0, 0.05) is 18.2 Å². The summed E-state index contributed by atoms with van der Waals surface area (Å²) in [5.41, 5.74) is 3.66. The van der Waals surface area contributed by atoms with E-state index in [0.29, 0.717) is 17.8 Å². The number of aliphatic hydroxyl groups is 1. The second-order valence-corrected chi connectivity index (χ2v) is 5.84. The highest BCUT2D eigenvalue weighted by Crippen LogP contribution is 2.31. The van der Waals surface area contributed by atoms with Crippen molar-refractivity contribution in [1.82, 2.24) is 9.97 Å². The number of nitrogens with zero attached hydrogens (tertiary/aromatic N) is 2. The lowest BCUT2D eigenvalue weighted by molar-refractivity contribution is 0.184. The highest BCUT2D eigenvalue weighted by atomic mass is 16.3. The van der Waals surface area contributed by atoms with Crippen molar-refractivity contribution in [2.24, 2.45) is 11.8 Å². The van der Waals surface area contributed by atoms with E-state index in [1.807, 2.05) is 0 Å². The van der Waals surface area contributed by atoms with Crippen molar-refractivity contribution in [2.75, 3.05) is 17.3 Å². The molecule has 1 aliphatic carbocycles. The van der Waals surface area contributed by atoms with Crippen molar-refractivity contribution in [1.29, 1.82) is 0 Å². The molecule has 6 nitrogen and oxygen atoms in total. The summed E-state index contributed by atoms with van der Waals surface area (Å²) in [6.07, 6.45) is 5.89. The van der Waals surface area contributed by atoms with Crippen molar-refractivity contribution in [2.45, 2.75) is 51.5 Å². The predicted octanol–water partition coefficient (Wildman–Crippen LogP) is 1.85. The van der Waals surface area contributed by atoms with Crippen molar-refractivity contribution < 1.29 is 5.11 Å². The third-order valence-corrected chi connectivity index (χ3v) is 3.98. The maximum atomic E-state index is 9.32. The monoisotopic (exact) mass is 279 g/mol. The summed E-state index contributed by atoms with van der Waals surface area (Å²) in [4.78, 5) is 8.55. The number of aliphatic hydroxyl groups excluding tert-OH is 1. The highest BCUT2D eigenvalue weighted by molar-refractivity contribution is 5.58. The quantitative estimate of drug-likeness (QED) is 0.485. The molecule has 0 saturated heterocycles. The number of hydrazine groups is 1. The van der Waals surface area contributed by atoms with Crippen LogP contribution in [0.15, 0.2) is 6.33 Å². The molecule has 1 aromatic rings. The van der Waals surface area contributed by atoms with Crippen LogP contribution in [0.3, 0.4) is 0 Å². The molecule has 112 valence electrons. The van der Waals surface area contributed by atoms with Gasteiger partial charge in [0.25, 0.3) is 0 Å². The van der Waals surface area contributed by atoms with Gasteiger partial charge in [-0.2, -0.15) is 0 Å². The van der Waals surface area contributed by atoms with E-state index in [1.54, 1.807) is 0 Å². The highest BCUT2D eigenvalue weighted by Gasteiger charge is 2.23. The summed E-state index contributed by atoms with van der Waals surface area (Å²) in [5.74, 6) is 7.74. The third-order valence-electron chi connectivity index (χ3n) is 3.98. The fraction of sp³-hybridized carbons (Fsp3) is 0.714. The van der Waals surface area contributed by atoms with Crippen LogP contribution in [-0.2, 0) is 0 Å². The van der Waals surface area contributed by atoms with E-state index in [0.717, 1.165) is 37.1 Å². The zero-order valence-corrected chi connectivity index (χ0v) is 12.3. The fourth-order valence-electron chi connectivity index (χ4n) is 2.95. The Kier molecular flexibility index (Phi) is 5.14. The van der Waals surface area contributed by atoms with Crippen LogP contribution in [0.4, 0.5) is 11.6 Å². The first kappa shape index (κ1) is 15.0. The molecule has 0 radical (unpaired) electrons. The number of nitrogen functional groups attached to an aromatic ring is 1. The van der Waals surface area contributed by atoms with Crippen LogP contribution in [0, 0.1) is 5.92 Å². The molecule has 5 N–H and O–H groups in total. The Morgan fingerprint density at radius 3 is 2.75 bits per heavy atom. The molecule has 0 amide bonds. The predicted molar refractivity (Wildman–Crippen MR) is 80.4 cm³/mol. The number of nitrogens with two attached hydrogens (primary N) is 1. The first-order valence-electron chi connectivity index (χ1n) is 7.34. The molecule has 20 heavy (non-hydrogen) atoms.